The minimum atomic E-state index is -0.579. The highest BCUT2D eigenvalue weighted by molar-refractivity contribution is 6.30. The van der Waals surface area contributed by atoms with Crippen LogP contribution in [0.3, 0.4) is 0 Å². The molecule has 2 rings (SSSR count). The van der Waals surface area contributed by atoms with Gasteiger partial charge in [-0.05, 0) is 17.7 Å². The van der Waals surface area contributed by atoms with Crippen molar-refractivity contribution in [2.45, 2.75) is 6.10 Å². The van der Waals surface area contributed by atoms with Crippen LogP contribution in [0.15, 0.2) is 18.2 Å². The molecule has 110 valence electrons. The van der Waals surface area contributed by atoms with E-state index in [1.165, 1.54) is 6.07 Å². The molecule has 0 aliphatic carbocycles. The molecule has 2 amide bonds. The van der Waals surface area contributed by atoms with Crippen LogP contribution in [0, 0.1) is 11.7 Å². The third-order valence-corrected chi connectivity index (χ3v) is 3.51. The molecule has 1 aromatic rings. The summed E-state index contributed by atoms with van der Waals surface area (Å²) in [6.45, 7) is 2.30. The van der Waals surface area contributed by atoms with E-state index in [0.717, 1.165) is 12.1 Å². The second-order valence-electron chi connectivity index (χ2n) is 4.67. The topological polar surface area (TPSA) is 76.4 Å². The maximum Gasteiger partial charge on any atom is 0.312 e. The van der Waals surface area contributed by atoms with Crippen molar-refractivity contribution in [2.75, 3.05) is 26.2 Å². The van der Waals surface area contributed by atoms with Gasteiger partial charge >= 0.3 is 6.03 Å². The van der Waals surface area contributed by atoms with Crippen molar-refractivity contribution in [3.63, 3.8) is 0 Å². The quantitative estimate of drug-likeness (QED) is 0.790. The fourth-order valence-electron chi connectivity index (χ4n) is 2.26. The standard InChI is InChI=1S/C13H17ClFN3O2/c14-10-5-8(1-2-11(10)15)12-9(7-18-13(16)19)6-17-3-4-20-12/h1-2,5,9,12,17H,3-4,6-7H2,(H3,16,18,19)/t9-,12-/m1/s1. The van der Waals surface area contributed by atoms with Crippen molar-refractivity contribution in [1.82, 2.24) is 10.6 Å². The number of carbonyl (C=O) groups is 1. The zero-order valence-electron chi connectivity index (χ0n) is 10.9. The number of nitrogens with two attached hydrogens (primary N) is 1. The van der Waals surface area contributed by atoms with E-state index < -0.39 is 11.8 Å². The fourth-order valence-corrected chi connectivity index (χ4v) is 2.45. The number of amides is 2. The number of carbonyl (C=O) groups excluding carboxylic acids is 1. The molecule has 0 unspecified atom stereocenters. The normalized spacial score (nSPS) is 23.1. The summed E-state index contributed by atoms with van der Waals surface area (Å²) >= 11 is 5.81. The van der Waals surface area contributed by atoms with Crippen molar-refractivity contribution in [2.24, 2.45) is 11.7 Å². The van der Waals surface area contributed by atoms with E-state index in [1.807, 2.05) is 0 Å². The number of ether oxygens (including phenoxy) is 1. The Bertz CT molecular complexity index is 487. The number of rotatable bonds is 3. The number of benzene rings is 1. The Balaban J connectivity index is 2.18. The van der Waals surface area contributed by atoms with Gasteiger partial charge in [0, 0.05) is 25.6 Å². The van der Waals surface area contributed by atoms with Gasteiger partial charge in [-0.25, -0.2) is 9.18 Å². The molecule has 0 spiro atoms. The SMILES string of the molecule is NC(=O)NC[C@H]1CNCCO[C@@H]1c1ccc(F)c(Cl)c1. The smallest absolute Gasteiger partial charge is 0.312 e. The van der Waals surface area contributed by atoms with Gasteiger partial charge < -0.3 is 21.1 Å². The summed E-state index contributed by atoms with van der Waals surface area (Å²) in [6, 6.07) is 3.95. The molecule has 5 nitrogen and oxygen atoms in total. The Morgan fingerprint density at radius 1 is 1.60 bits per heavy atom. The van der Waals surface area contributed by atoms with Gasteiger partial charge in [-0.1, -0.05) is 17.7 Å². The molecule has 0 radical (unpaired) electrons. The number of hydrogen-bond acceptors (Lipinski definition) is 3. The van der Waals surface area contributed by atoms with Gasteiger partial charge in [0.15, 0.2) is 0 Å². The van der Waals surface area contributed by atoms with Gasteiger partial charge in [0.05, 0.1) is 17.7 Å². The summed E-state index contributed by atoms with van der Waals surface area (Å²) in [7, 11) is 0. The Hall–Kier alpha value is -1.37. The monoisotopic (exact) mass is 301 g/mol. The first-order chi connectivity index (χ1) is 9.58. The van der Waals surface area contributed by atoms with Gasteiger partial charge in [-0.15, -0.1) is 0 Å². The zero-order chi connectivity index (χ0) is 14.5. The molecule has 0 saturated carbocycles. The van der Waals surface area contributed by atoms with Crippen LogP contribution in [0.5, 0.6) is 0 Å². The van der Waals surface area contributed by atoms with E-state index in [0.29, 0.717) is 19.7 Å². The zero-order valence-corrected chi connectivity index (χ0v) is 11.6. The Morgan fingerprint density at radius 2 is 2.40 bits per heavy atom. The lowest BCUT2D eigenvalue weighted by atomic mass is 9.95. The van der Waals surface area contributed by atoms with E-state index in [1.54, 1.807) is 12.1 Å². The van der Waals surface area contributed by atoms with Crippen LogP contribution < -0.4 is 16.4 Å². The van der Waals surface area contributed by atoms with E-state index in [-0.39, 0.29) is 17.0 Å². The van der Waals surface area contributed by atoms with E-state index in [9.17, 15) is 9.18 Å². The minimum absolute atomic E-state index is 0.00784. The molecule has 1 aliphatic rings. The van der Waals surface area contributed by atoms with Crippen LogP contribution in [-0.2, 0) is 4.74 Å². The third kappa shape index (κ3) is 3.82. The summed E-state index contributed by atoms with van der Waals surface area (Å²) in [5.41, 5.74) is 5.88. The molecule has 1 heterocycles. The molecule has 1 fully saturated rings. The van der Waals surface area contributed by atoms with Crippen LogP contribution in [0.4, 0.5) is 9.18 Å². The summed E-state index contributed by atoms with van der Waals surface area (Å²) in [5.74, 6) is -0.472. The van der Waals surface area contributed by atoms with Crippen molar-refractivity contribution >= 4 is 17.6 Å². The summed E-state index contributed by atoms with van der Waals surface area (Å²) in [6.07, 6.45) is -0.269. The van der Waals surface area contributed by atoms with Crippen molar-refractivity contribution in [1.29, 1.82) is 0 Å². The predicted molar refractivity (Wildman–Crippen MR) is 74.0 cm³/mol. The van der Waals surface area contributed by atoms with Gasteiger partial charge in [-0.2, -0.15) is 0 Å². The van der Waals surface area contributed by atoms with Gasteiger partial charge in [-0.3, -0.25) is 0 Å². The Kier molecular flexibility index (Phi) is 5.17. The lowest BCUT2D eigenvalue weighted by Gasteiger charge is -2.25. The average Bonchev–Trinajstić information content (AvgIpc) is 2.65. The van der Waals surface area contributed by atoms with E-state index in [2.05, 4.69) is 10.6 Å². The molecule has 2 atom stereocenters. The number of halogens is 2. The first-order valence-electron chi connectivity index (χ1n) is 6.38. The first kappa shape index (κ1) is 15.0. The lowest BCUT2D eigenvalue weighted by Crippen LogP contribution is -2.38. The Morgan fingerprint density at radius 3 is 3.10 bits per heavy atom. The molecule has 1 aliphatic heterocycles. The molecular formula is C13H17ClFN3O2. The Labute approximate surface area is 121 Å². The molecule has 4 N–H and O–H groups in total. The summed E-state index contributed by atoms with van der Waals surface area (Å²) in [5, 5.41) is 5.86. The van der Waals surface area contributed by atoms with Crippen LogP contribution in [0.25, 0.3) is 0 Å². The maximum atomic E-state index is 13.2. The highest BCUT2D eigenvalue weighted by Crippen LogP contribution is 2.29. The van der Waals surface area contributed by atoms with E-state index in [4.69, 9.17) is 22.1 Å². The first-order valence-corrected chi connectivity index (χ1v) is 6.76. The molecule has 1 aromatic carbocycles. The number of hydrogen-bond donors (Lipinski definition) is 3. The molecule has 7 heteroatoms. The summed E-state index contributed by atoms with van der Waals surface area (Å²) in [4.78, 5) is 10.8. The maximum absolute atomic E-state index is 13.2. The van der Waals surface area contributed by atoms with Crippen molar-refractivity contribution in [3.8, 4) is 0 Å². The van der Waals surface area contributed by atoms with Crippen LogP contribution in [0.1, 0.15) is 11.7 Å². The van der Waals surface area contributed by atoms with Gasteiger partial charge in [0.2, 0.25) is 0 Å². The van der Waals surface area contributed by atoms with Crippen LogP contribution >= 0.6 is 11.6 Å². The van der Waals surface area contributed by atoms with Crippen LogP contribution in [0.2, 0.25) is 5.02 Å². The van der Waals surface area contributed by atoms with Crippen LogP contribution in [-0.4, -0.2) is 32.3 Å². The van der Waals surface area contributed by atoms with Gasteiger partial charge in [0.1, 0.15) is 5.82 Å². The van der Waals surface area contributed by atoms with Gasteiger partial charge in [0.25, 0.3) is 0 Å². The lowest BCUT2D eigenvalue weighted by molar-refractivity contribution is 0.0315. The largest absolute Gasteiger partial charge is 0.372 e. The fraction of sp³-hybridized carbons (Fsp3) is 0.462. The predicted octanol–water partition coefficient (Wildman–Crippen LogP) is 1.42. The highest BCUT2D eigenvalue weighted by Gasteiger charge is 2.26. The van der Waals surface area contributed by atoms with Crippen molar-refractivity contribution < 1.29 is 13.9 Å². The molecular weight excluding hydrogens is 285 g/mol. The van der Waals surface area contributed by atoms with Crippen molar-refractivity contribution in [3.05, 3.63) is 34.6 Å². The molecule has 0 bridgehead atoms. The number of urea groups is 1. The summed E-state index contributed by atoms with van der Waals surface area (Å²) < 4.78 is 19.0. The van der Waals surface area contributed by atoms with E-state index >= 15 is 0 Å². The number of primary amides is 1. The average molecular weight is 302 g/mol. The highest BCUT2D eigenvalue weighted by atomic mass is 35.5. The minimum Gasteiger partial charge on any atom is -0.372 e. The molecule has 20 heavy (non-hydrogen) atoms. The molecule has 0 aromatic heterocycles. The second kappa shape index (κ2) is 6.88. The number of nitrogens with one attached hydrogen (secondary N) is 2. The third-order valence-electron chi connectivity index (χ3n) is 3.22. The second-order valence-corrected chi connectivity index (χ2v) is 5.08. The molecule has 1 saturated heterocycles.